The summed E-state index contributed by atoms with van der Waals surface area (Å²) in [6.07, 6.45) is 2.38. The average Bonchev–Trinajstić information content (AvgIpc) is 2.30. The lowest BCUT2D eigenvalue weighted by atomic mass is 10.0. The highest BCUT2D eigenvalue weighted by Gasteiger charge is 2.18. The van der Waals surface area contributed by atoms with Gasteiger partial charge < -0.3 is 10.0 Å². The van der Waals surface area contributed by atoms with Crippen molar-refractivity contribution in [2.75, 3.05) is 18.0 Å². The van der Waals surface area contributed by atoms with E-state index < -0.39 is 17.6 Å². The SMILES string of the molecule is O=C(O)C=C1CCN(c2ccc(F)cc2F)CC1. The molecule has 0 radical (unpaired) electrons. The molecule has 1 N–H and O–H groups in total. The fourth-order valence-electron chi connectivity index (χ4n) is 2.09. The van der Waals surface area contributed by atoms with Crippen molar-refractivity contribution in [1.82, 2.24) is 0 Å². The first-order chi connectivity index (χ1) is 8.56. The zero-order chi connectivity index (χ0) is 13.1. The van der Waals surface area contributed by atoms with Gasteiger partial charge in [0.2, 0.25) is 0 Å². The van der Waals surface area contributed by atoms with E-state index in [2.05, 4.69) is 0 Å². The van der Waals surface area contributed by atoms with E-state index in [1.807, 2.05) is 0 Å². The van der Waals surface area contributed by atoms with Crippen LogP contribution < -0.4 is 4.90 Å². The highest BCUT2D eigenvalue weighted by molar-refractivity contribution is 5.80. The first-order valence-corrected chi connectivity index (χ1v) is 5.68. The highest BCUT2D eigenvalue weighted by atomic mass is 19.1. The molecule has 1 fully saturated rings. The number of piperidine rings is 1. The summed E-state index contributed by atoms with van der Waals surface area (Å²) in [6.45, 7) is 1.09. The molecule has 0 bridgehead atoms. The van der Waals surface area contributed by atoms with Crippen LogP contribution in [0.3, 0.4) is 0 Å². The zero-order valence-electron chi connectivity index (χ0n) is 9.70. The number of hydrogen-bond donors (Lipinski definition) is 1. The Morgan fingerprint density at radius 2 is 1.94 bits per heavy atom. The van der Waals surface area contributed by atoms with Crippen molar-refractivity contribution in [2.24, 2.45) is 0 Å². The van der Waals surface area contributed by atoms with E-state index in [1.54, 1.807) is 4.90 Å². The molecular weight excluding hydrogens is 240 g/mol. The van der Waals surface area contributed by atoms with Crippen LogP contribution in [0.4, 0.5) is 14.5 Å². The van der Waals surface area contributed by atoms with Crippen LogP contribution in [0.2, 0.25) is 0 Å². The van der Waals surface area contributed by atoms with Crippen LogP contribution in [-0.4, -0.2) is 24.2 Å². The summed E-state index contributed by atoms with van der Waals surface area (Å²) < 4.78 is 26.3. The molecule has 0 amide bonds. The molecule has 96 valence electrons. The highest BCUT2D eigenvalue weighted by Crippen LogP contribution is 2.25. The van der Waals surface area contributed by atoms with Gasteiger partial charge in [-0.2, -0.15) is 0 Å². The molecule has 0 spiro atoms. The maximum Gasteiger partial charge on any atom is 0.328 e. The quantitative estimate of drug-likeness (QED) is 0.823. The second-order valence-electron chi connectivity index (χ2n) is 4.22. The Bertz CT molecular complexity index is 490. The number of hydrogen-bond acceptors (Lipinski definition) is 2. The van der Waals surface area contributed by atoms with E-state index in [1.165, 1.54) is 18.2 Å². The van der Waals surface area contributed by atoms with Crippen LogP contribution >= 0.6 is 0 Å². The summed E-state index contributed by atoms with van der Waals surface area (Å²) in [7, 11) is 0. The second kappa shape index (κ2) is 5.16. The van der Waals surface area contributed by atoms with E-state index in [9.17, 15) is 13.6 Å². The minimum Gasteiger partial charge on any atom is -0.478 e. The predicted molar refractivity (Wildman–Crippen MR) is 63.5 cm³/mol. The smallest absolute Gasteiger partial charge is 0.328 e. The van der Waals surface area contributed by atoms with Gasteiger partial charge in [0.25, 0.3) is 0 Å². The van der Waals surface area contributed by atoms with Gasteiger partial charge in [0.15, 0.2) is 0 Å². The third-order valence-corrected chi connectivity index (χ3v) is 2.98. The van der Waals surface area contributed by atoms with Gasteiger partial charge in [0.1, 0.15) is 11.6 Å². The third kappa shape index (κ3) is 2.85. The summed E-state index contributed by atoms with van der Waals surface area (Å²) in [5.41, 5.74) is 1.21. The van der Waals surface area contributed by atoms with Crippen LogP contribution in [0, 0.1) is 11.6 Å². The molecule has 1 aromatic rings. The Morgan fingerprint density at radius 1 is 1.28 bits per heavy atom. The number of anilines is 1. The van der Waals surface area contributed by atoms with Crippen molar-refractivity contribution in [3.05, 3.63) is 41.5 Å². The number of rotatable bonds is 2. The topological polar surface area (TPSA) is 40.5 Å². The number of carbonyl (C=O) groups is 1. The molecule has 1 aliphatic rings. The van der Waals surface area contributed by atoms with E-state index in [0.29, 0.717) is 31.6 Å². The average molecular weight is 253 g/mol. The summed E-state index contributed by atoms with van der Waals surface area (Å²) in [5, 5.41) is 8.63. The van der Waals surface area contributed by atoms with Gasteiger partial charge in [-0.1, -0.05) is 5.57 Å². The van der Waals surface area contributed by atoms with Gasteiger partial charge in [-0.15, -0.1) is 0 Å². The standard InChI is InChI=1S/C13H13F2NO2/c14-10-1-2-12(11(15)8-10)16-5-3-9(4-6-16)7-13(17)18/h1-2,7-8H,3-6H2,(H,17,18). The van der Waals surface area contributed by atoms with Gasteiger partial charge in [-0.25, -0.2) is 13.6 Å². The van der Waals surface area contributed by atoms with Crippen molar-refractivity contribution in [3.63, 3.8) is 0 Å². The number of aliphatic carboxylic acids is 1. The van der Waals surface area contributed by atoms with Crippen LogP contribution in [0.15, 0.2) is 29.8 Å². The molecule has 0 saturated carbocycles. The Kier molecular flexibility index (Phi) is 3.60. The number of carboxylic acid groups (broad SMARTS) is 1. The third-order valence-electron chi connectivity index (χ3n) is 2.98. The summed E-state index contributed by atoms with van der Waals surface area (Å²) in [6, 6.07) is 3.50. The Hall–Kier alpha value is -1.91. The van der Waals surface area contributed by atoms with Crippen molar-refractivity contribution >= 4 is 11.7 Å². The Morgan fingerprint density at radius 3 is 2.50 bits per heavy atom. The fraction of sp³-hybridized carbons (Fsp3) is 0.308. The fourth-order valence-corrected chi connectivity index (χ4v) is 2.09. The van der Waals surface area contributed by atoms with Crippen molar-refractivity contribution < 1.29 is 18.7 Å². The molecule has 2 rings (SSSR count). The molecule has 1 aliphatic heterocycles. The molecule has 0 aromatic heterocycles. The molecule has 0 aliphatic carbocycles. The van der Waals surface area contributed by atoms with Crippen LogP contribution in [0.25, 0.3) is 0 Å². The summed E-state index contributed by atoms with van der Waals surface area (Å²) >= 11 is 0. The van der Waals surface area contributed by atoms with Gasteiger partial charge in [0.05, 0.1) is 5.69 Å². The van der Waals surface area contributed by atoms with Crippen molar-refractivity contribution in [1.29, 1.82) is 0 Å². The van der Waals surface area contributed by atoms with Gasteiger partial charge in [-0.05, 0) is 25.0 Å². The van der Waals surface area contributed by atoms with Crippen LogP contribution in [-0.2, 0) is 4.79 Å². The molecule has 3 nitrogen and oxygen atoms in total. The lowest BCUT2D eigenvalue weighted by Gasteiger charge is -2.30. The zero-order valence-corrected chi connectivity index (χ0v) is 9.70. The van der Waals surface area contributed by atoms with Crippen LogP contribution in [0.5, 0.6) is 0 Å². The first-order valence-electron chi connectivity index (χ1n) is 5.68. The summed E-state index contributed by atoms with van der Waals surface area (Å²) in [5.74, 6) is -2.13. The molecule has 0 unspecified atom stereocenters. The molecule has 1 heterocycles. The van der Waals surface area contributed by atoms with Gasteiger partial charge >= 0.3 is 5.97 Å². The monoisotopic (exact) mass is 253 g/mol. The molecule has 5 heteroatoms. The maximum absolute atomic E-state index is 13.6. The van der Waals surface area contributed by atoms with E-state index in [-0.39, 0.29) is 0 Å². The molecule has 18 heavy (non-hydrogen) atoms. The normalized spacial score (nSPS) is 15.7. The molecular formula is C13H13F2NO2. The number of halogens is 2. The van der Waals surface area contributed by atoms with Crippen molar-refractivity contribution in [3.8, 4) is 0 Å². The molecule has 1 saturated heterocycles. The largest absolute Gasteiger partial charge is 0.478 e. The maximum atomic E-state index is 13.6. The Labute approximate surface area is 103 Å². The van der Waals surface area contributed by atoms with Crippen molar-refractivity contribution in [2.45, 2.75) is 12.8 Å². The molecule has 0 atom stereocenters. The molecule has 1 aromatic carbocycles. The number of carboxylic acids is 1. The minimum atomic E-state index is -0.952. The van der Waals surface area contributed by atoms with E-state index >= 15 is 0 Å². The van der Waals surface area contributed by atoms with Crippen LogP contribution in [0.1, 0.15) is 12.8 Å². The minimum absolute atomic E-state index is 0.366. The number of nitrogens with zero attached hydrogens (tertiary/aromatic N) is 1. The van der Waals surface area contributed by atoms with E-state index in [0.717, 1.165) is 11.6 Å². The predicted octanol–water partition coefficient (Wildman–Crippen LogP) is 2.58. The summed E-state index contributed by atoms with van der Waals surface area (Å²) in [4.78, 5) is 12.3. The lowest BCUT2D eigenvalue weighted by molar-refractivity contribution is -0.131. The van der Waals surface area contributed by atoms with E-state index in [4.69, 9.17) is 5.11 Å². The van der Waals surface area contributed by atoms with Gasteiger partial charge in [0, 0.05) is 25.2 Å². The first kappa shape index (κ1) is 12.5. The second-order valence-corrected chi connectivity index (χ2v) is 4.22. The van der Waals surface area contributed by atoms with Gasteiger partial charge in [-0.3, -0.25) is 0 Å². The lowest BCUT2D eigenvalue weighted by Crippen LogP contribution is -2.31. The Balaban J connectivity index is 2.08. The number of benzene rings is 1.